The maximum absolute atomic E-state index is 12.5. The van der Waals surface area contributed by atoms with E-state index in [1.165, 1.54) is 4.90 Å². The van der Waals surface area contributed by atoms with Crippen LogP contribution in [-0.4, -0.2) is 22.8 Å². The van der Waals surface area contributed by atoms with Crippen molar-refractivity contribution in [2.24, 2.45) is 11.8 Å². The van der Waals surface area contributed by atoms with Gasteiger partial charge in [-0.2, -0.15) is 0 Å². The summed E-state index contributed by atoms with van der Waals surface area (Å²) in [5.74, 6) is 0.700. The maximum Gasteiger partial charge on any atom is 0.261 e. The predicted octanol–water partition coefficient (Wildman–Crippen LogP) is 2.69. The minimum absolute atomic E-state index is 0.0276. The lowest BCUT2D eigenvalue weighted by atomic mass is 9.79. The van der Waals surface area contributed by atoms with Crippen molar-refractivity contribution in [2.45, 2.75) is 39.2 Å². The van der Waals surface area contributed by atoms with Gasteiger partial charge in [0, 0.05) is 11.7 Å². The summed E-state index contributed by atoms with van der Waals surface area (Å²) >= 11 is 0. The summed E-state index contributed by atoms with van der Waals surface area (Å²) in [6.45, 7) is 4.37. The molecule has 1 saturated carbocycles. The number of carbonyl (C=O) groups is 2. The summed E-state index contributed by atoms with van der Waals surface area (Å²) in [7, 11) is 0. The van der Waals surface area contributed by atoms with Crippen molar-refractivity contribution in [3.05, 3.63) is 29.3 Å². The van der Waals surface area contributed by atoms with E-state index in [9.17, 15) is 9.59 Å². The maximum atomic E-state index is 12.5. The van der Waals surface area contributed by atoms with Crippen molar-refractivity contribution in [1.82, 2.24) is 4.90 Å². The van der Waals surface area contributed by atoms with Crippen LogP contribution in [0.3, 0.4) is 0 Å². The zero-order valence-electron chi connectivity index (χ0n) is 11.9. The Morgan fingerprint density at radius 2 is 1.80 bits per heavy atom. The van der Waals surface area contributed by atoms with E-state index in [0.717, 1.165) is 19.3 Å². The molecule has 1 heterocycles. The van der Waals surface area contributed by atoms with Gasteiger partial charge in [-0.3, -0.25) is 14.5 Å². The molecule has 2 N–H and O–H groups in total. The van der Waals surface area contributed by atoms with E-state index < -0.39 is 0 Å². The molecule has 3 rings (SSSR count). The first kappa shape index (κ1) is 13.2. The lowest BCUT2D eigenvalue weighted by Gasteiger charge is -2.37. The van der Waals surface area contributed by atoms with Crippen LogP contribution in [0.15, 0.2) is 18.2 Å². The monoisotopic (exact) mass is 272 g/mol. The van der Waals surface area contributed by atoms with Crippen molar-refractivity contribution < 1.29 is 9.59 Å². The van der Waals surface area contributed by atoms with Crippen molar-refractivity contribution in [2.75, 3.05) is 5.73 Å². The fraction of sp³-hybridized carbons (Fsp3) is 0.500. The number of hydrogen-bond acceptors (Lipinski definition) is 3. The van der Waals surface area contributed by atoms with Crippen LogP contribution in [-0.2, 0) is 0 Å². The molecule has 0 aromatic heterocycles. The quantitative estimate of drug-likeness (QED) is 0.631. The Balaban J connectivity index is 1.93. The van der Waals surface area contributed by atoms with Gasteiger partial charge in [-0.1, -0.05) is 13.8 Å². The van der Waals surface area contributed by atoms with Crippen molar-refractivity contribution >= 4 is 17.5 Å². The molecule has 2 amide bonds. The molecule has 1 aromatic rings. The van der Waals surface area contributed by atoms with Crippen molar-refractivity contribution in [3.8, 4) is 0 Å². The number of imide groups is 1. The number of benzene rings is 1. The molecular weight excluding hydrogens is 252 g/mol. The molecule has 0 spiro atoms. The second-order valence-electron chi connectivity index (χ2n) is 6.25. The second-order valence-corrected chi connectivity index (χ2v) is 6.25. The molecule has 0 bridgehead atoms. The molecule has 106 valence electrons. The molecule has 3 unspecified atom stereocenters. The Morgan fingerprint density at radius 1 is 1.10 bits per heavy atom. The normalized spacial score (nSPS) is 29.7. The highest BCUT2D eigenvalue weighted by molar-refractivity contribution is 6.21. The average molecular weight is 272 g/mol. The number of rotatable bonds is 1. The largest absolute Gasteiger partial charge is 0.399 e. The zero-order valence-corrected chi connectivity index (χ0v) is 11.9. The summed E-state index contributed by atoms with van der Waals surface area (Å²) in [6.07, 6.45) is 3.05. The van der Waals surface area contributed by atoms with Crippen molar-refractivity contribution in [3.63, 3.8) is 0 Å². The fourth-order valence-corrected chi connectivity index (χ4v) is 3.61. The lowest BCUT2D eigenvalue weighted by Crippen LogP contribution is -2.46. The van der Waals surface area contributed by atoms with E-state index in [0.29, 0.717) is 28.7 Å². The zero-order chi connectivity index (χ0) is 14.4. The van der Waals surface area contributed by atoms with E-state index in [2.05, 4.69) is 13.8 Å². The van der Waals surface area contributed by atoms with Crippen LogP contribution < -0.4 is 5.73 Å². The Bertz CT molecular complexity index is 582. The van der Waals surface area contributed by atoms with Crippen LogP contribution in [0, 0.1) is 11.8 Å². The predicted molar refractivity (Wildman–Crippen MR) is 77.3 cm³/mol. The van der Waals surface area contributed by atoms with Crippen molar-refractivity contribution in [1.29, 1.82) is 0 Å². The van der Waals surface area contributed by atoms with E-state index in [4.69, 9.17) is 5.73 Å². The van der Waals surface area contributed by atoms with Crippen LogP contribution in [0.2, 0.25) is 0 Å². The van der Waals surface area contributed by atoms with Gasteiger partial charge in [-0.25, -0.2) is 0 Å². The van der Waals surface area contributed by atoms with Gasteiger partial charge in [0.05, 0.1) is 11.1 Å². The lowest BCUT2D eigenvalue weighted by molar-refractivity contribution is 0.0455. The summed E-state index contributed by atoms with van der Waals surface area (Å²) < 4.78 is 0. The molecule has 20 heavy (non-hydrogen) atoms. The average Bonchev–Trinajstić information content (AvgIpc) is 2.63. The van der Waals surface area contributed by atoms with Crippen LogP contribution in [0.25, 0.3) is 0 Å². The standard InChI is InChI=1S/C16H20N2O2/c1-9-3-6-14(10(2)7-9)18-15(19)12-5-4-11(17)8-13(12)16(18)20/h4-5,8-10,14H,3,6-7,17H2,1-2H3. The van der Waals surface area contributed by atoms with Gasteiger partial charge < -0.3 is 5.73 Å². The molecule has 1 fully saturated rings. The summed E-state index contributed by atoms with van der Waals surface area (Å²) in [6, 6.07) is 4.99. The molecule has 0 radical (unpaired) electrons. The minimum Gasteiger partial charge on any atom is -0.399 e. The number of amides is 2. The van der Waals surface area contributed by atoms with Gasteiger partial charge in [-0.05, 0) is 49.3 Å². The van der Waals surface area contributed by atoms with E-state index in [1.807, 2.05) is 0 Å². The first-order valence-corrected chi connectivity index (χ1v) is 7.26. The highest BCUT2D eigenvalue weighted by Crippen LogP contribution is 2.36. The highest BCUT2D eigenvalue weighted by atomic mass is 16.2. The van der Waals surface area contributed by atoms with Gasteiger partial charge in [0.15, 0.2) is 0 Å². The third-order valence-electron chi connectivity index (χ3n) is 4.66. The minimum atomic E-state index is -0.177. The number of nitrogen functional groups attached to an aromatic ring is 1. The molecule has 0 saturated heterocycles. The van der Waals surface area contributed by atoms with Gasteiger partial charge in [0.2, 0.25) is 0 Å². The number of anilines is 1. The topological polar surface area (TPSA) is 63.4 Å². The molecule has 4 nitrogen and oxygen atoms in total. The molecule has 1 aliphatic heterocycles. The Labute approximate surface area is 118 Å². The van der Waals surface area contributed by atoms with Crippen LogP contribution in [0.5, 0.6) is 0 Å². The van der Waals surface area contributed by atoms with Crippen LogP contribution >= 0.6 is 0 Å². The number of nitrogens with two attached hydrogens (primary N) is 1. The van der Waals surface area contributed by atoms with Gasteiger partial charge in [0.25, 0.3) is 11.8 Å². The third kappa shape index (κ3) is 1.90. The molecule has 1 aliphatic carbocycles. The van der Waals surface area contributed by atoms with Crippen LogP contribution in [0.4, 0.5) is 5.69 Å². The number of nitrogens with zero attached hydrogens (tertiary/aromatic N) is 1. The van der Waals surface area contributed by atoms with Gasteiger partial charge in [-0.15, -0.1) is 0 Å². The molecular formula is C16H20N2O2. The molecule has 3 atom stereocenters. The summed E-state index contributed by atoms with van der Waals surface area (Å²) in [4.78, 5) is 26.5. The van der Waals surface area contributed by atoms with Gasteiger partial charge in [0.1, 0.15) is 0 Å². The Kier molecular flexibility index (Phi) is 3.04. The summed E-state index contributed by atoms with van der Waals surface area (Å²) in [5, 5.41) is 0. The SMILES string of the molecule is CC1CCC(N2C(=O)c3ccc(N)cc3C2=O)C(C)C1. The van der Waals surface area contributed by atoms with E-state index >= 15 is 0 Å². The fourth-order valence-electron chi connectivity index (χ4n) is 3.61. The molecule has 4 heteroatoms. The molecule has 2 aliphatic rings. The van der Waals surface area contributed by atoms with E-state index in [1.54, 1.807) is 18.2 Å². The third-order valence-corrected chi connectivity index (χ3v) is 4.66. The smallest absolute Gasteiger partial charge is 0.261 e. The Morgan fingerprint density at radius 3 is 2.50 bits per heavy atom. The number of fused-ring (bicyclic) bond motifs is 1. The number of carbonyl (C=O) groups excluding carboxylic acids is 2. The first-order valence-electron chi connectivity index (χ1n) is 7.26. The number of hydrogen-bond donors (Lipinski definition) is 1. The Hall–Kier alpha value is -1.84. The summed E-state index contributed by atoms with van der Waals surface area (Å²) in [5.41, 5.74) is 7.21. The molecule has 1 aromatic carbocycles. The second kappa shape index (κ2) is 4.62. The van der Waals surface area contributed by atoms with Gasteiger partial charge >= 0.3 is 0 Å². The van der Waals surface area contributed by atoms with Crippen LogP contribution in [0.1, 0.15) is 53.8 Å². The highest BCUT2D eigenvalue weighted by Gasteiger charge is 2.43. The van der Waals surface area contributed by atoms with E-state index in [-0.39, 0.29) is 17.9 Å². The first-order chi connectivity index (χ1) is 9.49.